The summed E-state index contributed by atoms with van der Waals surface area (Å²) in [4.78, 5) is 4.28. The monoisotopic (exact) mass is 297 g/mol. The van der Waals surface area contributed by atoms with Crippen LogP contribution in [0.2, 0.25) is 0 Å². The van der Waals surface area contributed by atoms with Gasteiger partial charge in [-0.3, -0.25) is 0 Å². The molecule has 0 fully saturated rings. The summed E-state index contributed by atoms with van der Waals surface area (Å²) in [5.74, 6) is 0. The second-order valence-corrected chi connectivity index (χ2v) is 6.48. The van der Waals surface area contributed by atoms with Crippen LogP contribution in [0.5, 0.6) is 0 Å². The van der Waals surface area contributed by atoms with Gasteiger partial charge in [0.2, 0.25) is 10.0 Å². The number of nitrogen functional groups attached to an aromatic ring is 1. The lowest BCUT2D eigenvalue weighted by Crippen LogP contribution is -2.24. The van der Waals surface area contributed by atoms with E-state index in [2.05, 4.69) is 9.71 Å². The second kappa shape index (κ2) is 5.68. The summed E-state index contributed by atoms with van der Waals surface area (Å²) in [5, 5.41) is 1.81. The van der Waals surface area contributed by atoms with Crippen LogP contribution in [-0.2, 0) is 23.0 Å². The minimum Gasteiger partial charge on any atom is -0.399 e. The molecule has 0 atom stereocenters. The van der Waals surface area contributed by atoms with Crippen LogP contribution in [0.15, 0.2) is 34.0 Å². The topological polar surface area (TPSA) is 85.1 Å². The van der Waals surface area contributed by atoms with Gasteiger partial charge in [0.25, 0.3) is 0 Å². The normalized spacial score (nSPS) is 11.6. The molecule has 19 heavy (non-hydrogen) atoms. The molecule has 0 unspecified atom stereocenters. The number of hydrogen-bond acceptors (Lipinski definition) is 5. The highest BCUT2D eigenvalue weighted by molar-refractivity contribution is 7.89. The van der Waals surface area contributed by atoms with Crippen molar-refractivity contribution < 1.29 is 8.42 Å². The Labute approximate surface area is 116 Å². The van der Waals surface area contributed by atoms with Crippen molar-refractivity contribution in [2.45, 2.75) is 24.8 Å². The Hall–Kier alpha value is -1.44. The number of nitrogens with zero attached hydrogens (tertiary/aromatic N) is 1. The molecule has 5 nitrogen and oxygen atoms in total. The first-order chi connectivity index (χ1) is 9.03. The van der Waals surface area contributed by atoms with Gasteiger partial charge in [-0.25, -0.2) is 18.1 Å². The third-order valence-electron chi connectivity index (χ3n) is 2.69. The van der Waals surface area contributed by atoms with E-state index in [0.717, 1.165) is 5.56 Å². The van der Waals surface area contributed by atoms with Gasteiger partial charge in [-0.1, -0.05) is 13.0 Å². The van der Waals surface area contributed by atoms with Gasteiger partial charge in [0.05, 0.1) is 22.6 Å². The van der Waals surface area contributed by atoms with Crippen molar-refractivity contribution in [2.24, 2.45) is 0 Å². The molecule has 102 valence electrons. The first-order valence-corrected chi connectivity index (χ1v) is 8.20. The zero-order chi connectivity index (χ0) is 13.9. The average Bonchev–Trinajstić information content (AvgIpc) is 2.89. The number of thiazole rings is 1. The zero-order valence-electron chi connectivity index (χ0n) is 10.5. The minimum absolute atomic E-state index is 0.184. The van der Waals surface area contributed by atoms with Crippen molar-refractivity contribution >= 4 is 27.0 Å². The lowest BCUT2D eigenvalue weighted by atomic mass is 10.1. The van der Waals surface area contributed by atoms with Gasteiger partial charge < -0.3 is 5.73 Å². The van der Waals surface area contributed by atoms with Crippen LogP contribution in [0.25, 0.3) is 0 Å². The number of aryl methyl sites for hydroxylation is 1. The van der Waals surface area contributed by atoms with Crippen molar-refractivity contribution in [3.8, 4) is 0 Å². The molecule has 0 saturated heterocycles. The van der Waals surface area contributed by atoms with Crippen LogP contribution in [0.4, 0.5) is 5.69 Å². The lowest BCUT2D eigenvalue weighted by molar-refractivity contribution is 0.579. The highest BCUT2D eigenvalue weighted by Gasteiger charge is 2.18. The summed E-state index contributed by atoms with van der Waals surface area (Å²) >= 11 is 1.43. The Morgan fingerprint density at radius 1 is 1.42 bits per heavy atom. The van der Waals surface area contributed by atoms with Crippen molar-refractivity contribution in [1.82, 2.24) is 9.71 Å². The Morgan fingerprint density at radius 3 is 2.84 bits per heavy atom. The Kier molecular flexibility index (Phi) is 4.18. The molecule has 2 aromatic rings. The maximum Gasteiger partial charge on any atom is 0.241 e. The SMILES string of the molecule is CCc1ccc(N)cc1S(=O)(=O)NCc1cscn1. The van der Waals surface area contributed by atoms with E-state index in [1.807, 2.05) is 12.3 Å². The van der Waals surface area contributed by atoms with Crippen LogP contribution in [0.1, 0.15) is 18.2 Å². The number of anilines is 1. The molecule has 0 amide bonds. The smallest absolute Gasteiger partial charge is 0.241 e. The van der Waals surface area contributed by atoms with E-state index in [4.69, 9.17) is 5.73 Å². The molecule has 3 N–H and O–H groups in total. The van der Waals surface area contributed by atoms with Crippen molar-refractivity contribution in [2.75, 3.05) is 5.73 Å². The van der Waals surface area contributed by atoms with Crippen molar-refractivity contribution in [3.63, 3.8) is 0 Å². The number of nitrogens with two attached hydrogens (primary N) is 1. The maximum atomic E-state index is 12.3. The molecule has 0 saturated carbocycles. The van der Waals surface area contributed by atoms with Gasteiger partial charge in [0.1, 0.15) is 0 Å². The van der Waals surface area contributed by atoms with Crippen LogP contribution < -0.4 is 10.5 Å². The van der Waals surface area contributed by atoms with E-state index in [1.54, 1.807) is 17.6 Å². The average molecular weight is 297 g/mol. The molecule has 0 aliphatic carbocycles. The standard InChI is InChI=1S/C12H15N3O2S2/c1-2-9-3-4-10(13)5-12(9)19(16,17)15-6-11-7-18-8-14-11/h3-5,7-8,15H,2,6,13H2,1H3. The highest BCUT2D eigenvalue weighted by atomic mass is 32.2. The third-order valence-corrected chi connectivity index (χ3v) is 4.81. The molecular formula is C12H15N3O2S2. The quantitative estimate of drug-likeness (QED) is 0.824. The fourth-order valence-electron chi connectivity index (χ4n) is 1.68. The van der Waals surface area contributed by atoms with Crippen LogP contribution in [-0.4, -0.2) is 13.4 Å². The van der Waals surface area contributed by atoms with Crippen LogP contribution in [0, 0.1) is 0 Å². The number of aromatic nitrogens is 1. The van der Waals surface area contributed by atoms with Gasteiger partial charge in [0.15, 0.2) is 0 Å². The van der Waals surface area contributed by atoms with E-state index in [-0.39, 0.29) is 11.4 Å². The predicted molar refractivity (Wildman–Crippen MR) is 76.4 cm³/mol. The summed E-state index contributed by atoms with van der Waals surface area (Å²) in [5.41, 5.74) is 9.23. The molecule has 0 aliphatic rings. The molecule has 0 spiro atoms. The van der Waals surface area contributed by atoms with E-state index < -0.39 is 10.0 Å². The van der Waals surface area contributed by atoms with Gasteiger partial charge in [-0.15, -0.1) is 11.3 Å². The van der Waals surface area contributed by atoms with E-state index >= 15 is 0 Å². The largest absolute Gasteiger partial charge is 0.399 e. The minimum atomic E-state index is -3.57. The second-order valence-electron chi connectivity index (χ2n) is 4.03. The van der Waals surface area contributed by atoms with E-state index in [9.17, 15) is 8.42 Å². The summed E-state index contributed by atoms with van der Waals surface area (Å²) in [7, 11) is -3.57. The van der Waals surface area contributed by atoms with Crippen LogP contribution >= 0.6 is 11.3 Å². The van der Waals surface area contributed by atoms with E-state index in [1.165, 1.54) is 17.4 Å². The lowest BCUT2D eigenvalue weighted by Gasteiger charge is -2.10. The maximum absolute atomic E-state index is 12.3. The molecule has 0 bridgehead atoms. The van der Waals surface area contributed by atoms with Gasteiger partial charge in [-0.2, -0.15) is 0 Å². The van der Waals surface area contributed by atoms with Gasteiger partial charge in [0, 0.05) is 11.1 Å². The van der Waals surface area contributed by atoms with Crippen molar-refractivity contribution in [3.05, 3.63) is 40.3 Å². The number of benzene rings is 1. The molecule has 0 radical (unpaired) electrons. The molecule has 1 aromatic heterocycles. The number of sulfonamides is 1. The fourth-order valence-corrected chi connectivity index (χ4v) is 3.59. The zero-order valence-corrected chi connectivity index (χ0v) is 12.1. The summed E-state index contributed by atoms with van der Waals surface area (Å²) in [6.45, 7) is 2.09. The number of nitrogens with one attached hydrogen (secondary N) is 1. The Morgan fingerprint density at radius 2 is 2.21 bits per heavy atom. The first kappa shape index (κ1) is 14.0. The van der Waals surface area contributed by atoms with E-state index in [0.29, 0.717) is 17.8 Å². The van der Waals surface area contributed by atoms with Gasteiger partial charge >= 0.3 is 0 Å². The van der Waals surface area contributed by atoms with Crippen molar-refractivity contribution in [1.29, 1.82) is 0 Å². The predicted octanol–water partition coefficient (Wildman–Crippen LogP) is 1.77. The van der Waals surface area contributed by atoms with Gasteiger partial charge in [-0.05, 0) is 24.1 Å². The summed E-state index contributed by atoms with van der Waals surface area (Å²) in [6, 6.07) is 4.94. The molecule has 2 rings (SSSR count). The first-order valence-electron chi connectivity index (χ1n) is 5.78. The highest BCUT2D eigenvalue weighted by Crippen LogP contribution is 2.19. The molecule has 7 heteroatoms. The molecule has 0 aliphatic heterocycles. The number of hydrogen-bond donors (Lipinski definition) is 2. The third kappa shape index (κ3) is 3.31. The molecule has 1 aromatic carbocycles. The molecular weight excluding hydrogens is 282 g/mol. The fraction of sp³-hybridized carbons (Fsp3) is 0.250. The Balaban J connectivity index is 2.26. The summed E-state index contributed by atoms with van der Waals surface area (Å²) in [6.07, 6.45) is 0.632. The number of rotatable bonds is 5. The van der Waals surface area contributed by atoms with Crippen LogP contribution in [0.3, 0.4) is 0 Å². The molecule has 1 heterocycles. The summed E-state index contributed by atoms with van der Waals surface area (Å²) < 4.78 is 27.1. The Bertz CT molecular complexity index is 652.